The number of hydrogen-bond donors (Lipinski definition) is 0. The minimum atomic E-state index is 0.148. The molecule has 2 saturated heterocycles. The number of likely N-dealkylation sites (tertiary alicyclic amines) is 1. The first kappa shape index (κ1) is 14.7. The second-order valence-electron chi connectivity index (χ2n) is 5.72. The van der Waals surface area contributed by atoms with Gasteiger partial charge in [0.2, 0.25) is 11.0 Å². The number of carbonyl (C=O) groups is 1. The Morgan fingerprint density at radius 2 is 2.10 bits per heavy atom. The predicted molar refractivity (Wildman–Crippen MR) is 81.6 cm³/mol. The van der Waals surface area contributed by atoms with Gasteiger partial charge in [-0.3, -0.25) is 4.79 Å². The number of ether oxygens (including phenoxy) is 1. The van der Waals surface area contributed by atoms with Crippen molar-refractivity contribution in [3.05, 3.63) is 5.82 Å². The van der Waals surface area contributed by atoms with Gasteiger partial charge in [0.05, 0.1) is 12.5 Å². The van der Waals surface area contributed by atoms with E-state index in [1.54, 1.807) is 7.11 Å². The second kappa shape index (κ2) is 6.70. The van der Waals surface area contributed by atoms with Crippen LogP contribution in [-0.2, 0) is 16.0 Å². The van der Waals surface area contributed by atoms with Gasteiger partial charge in [0, 0.05) is 51.2 Å². The molecule has 2 aliphatic heterocycles. The van der Waals surface area contributed by atoms with Crippen LogP contribution in [0.2, 0.25) is 0 Å². The zero-order valence-electron chi connectivity index (χ0n) is 12.5. The molecule has 1 aromatic heterocycles. The molecule has 116 valence electrons. The summed E-state index contributed by atoms with van der Waals surface area (Å²) in [5.41, 5.74) is 0. The number of nitrogens with zero attached hydrogens (tertiary/aromatic N) is 4. The summed E-state index contributed by atoms with van der Waals surface area (Å²) in [5, 5.41) is 0.934. The van der Waals surface area contributed by atoms with Crippen molar-refractivity contribution in [2.75, 3.05) is 44.8 Å². The van der Waals surface area contributed by atoms with Gasteiger partial charge in [-0.25, -0.2) is 4.98 Å². The topological polar surface area (TPSA) is 58.6 Å². The van der Waals surface area contributed by atoms with E-state index < -0.39 is 0 Å². The standard InChI is InChI=1S/C14H22N4O2S/c1-20-8-5-12-15-14(21-16-12)18-9-11(10-18)13(19)17-6-3-2-4-7-17/h11H,2-10H2,1H3. The molecule has 0 bridgehead atoms. The molecule has 3 heterocycles. The highest BCUT2D eigenvalue weighted by Crippen LogP contribution is 2.28. The van der Waals surface area contributed by atoms with Gasteiger partial charge in [0.15, 0.2) is 0 Å². The molecule has 0 N–H and O–H groups in total. The van der Waals surface area contributed by atoms with Crippen LogP contribution in [0, 0.1) is 5.92 Å². The van der Waals surface area contributed by atoms with Crippen molar-refractivity contribution < 1.29 is 9.53 Å². The normalized spacial score (nSPS) is 19.7. The first-order valence-electron chi connectivity index (χ1n) is 7.63. The number of hydrogen-bond acceptors (Lipinski definition) is 6. The third-order valence-corrected chi connectivity index (χ3v) is 4.97. The highest BCUT2D eigenvalue weighted by molar-refractivity contribution is 7.09. The van der Waals surface area contributed by atoms with Crippen LogP contribution in [0.4, 0.5) is 5.13 Å². The molecule has 2 aliphatic rings. The summed E-state index contributed by atoms with van der Waals surface area (Å²) >= 11 is 1.42. The molecule has 0 radical (unpaired) electrons. The summed E-state index contributed by atoms with van der Waals surface area (Å²) in [7, 11) is 1.68. The fourth-order valence-electron chi connectivity index (χ4n) is 2.83. The number of methoxy groups -OCH3 is 1. The highest BCUT2D eigenvalue weighted by Gasteiger charge is 2.37. The first-order chi connectivity index (χ1) is 10.3. The Morgan fingerprint density at radius 3 is 2.81 bits per heavy atom. The minimum absolute atomic E-state index is 0.148. The molecule has 0 aromatic carbocycles. The molecule has 1 aromatic rings. The van der Waals surface area contributed by atoms with Crippen molar-refractivity contribution in [3.8, 4) is 0 Å². The van der Waals surface area contributed by atoms with E-state index in [9.17, 15) is 4.79 Å². The Labute approximate surface area is 129 Å². The van der Waals surface area contributed by atoms with Crippen molar-refractivity contribution >= 4 is 22.6 Å². The lowest BCUT2D eigenvalue weighted by Crippen LogP contribution is -2.55. The molecule has 0 atom stereocenters. The summed E-state index contributed by atoms with van der Waals surface area (Å²) in [6.45, 7) is 4.10. The maximum Gasteiger partial charge on any atom is 0.229 e. The van der Waals surface area contributed by atoms with E-state index in [0.29, 0.717) is 12.5 Å². The molecule has 2 fully saturated rings. The molecule has 3 rings (SSSR count). The Hall–Kier alpha value is -1.21. The van der Waals surface area contributed by atoms with Crippen molar-refractivity contribution in [1.82, 2.24) is 14.3 Å². The van der Waals surface area contributed by atoms with Crippen molar-refractivity contribution in [2.45, 2.75) is 25.7 Å². The highest BCUT2D eigenvalue weighted by atomic mass is 32.1. The molecule has 21 heavy (non-hydrogen) atoms. The number of anilines is 1. The molecule has 0 aliphatic carbocycles. The average Bonchev–Trinajstić information content (AvgIpc) is 2.93. The largest absolute Gasteiger partial charge is 0.384 e. The van der Waals surface area contributed by atoms with Gasteiger partial charge in [-0.2, -0.15) is 4.37 Å². The van der Waals surface area contributed by atoms with E-state index in [-0.39, 0.29) is 5.92 Å². The SMILES string of the molecule is COCCc1nsc(N2CC(C(=O)N3CCCCC3)C2)n1. The predicted octanol–water partition coefficient (Wildman–Crippen LogP) is 1.18. The zero-order chi connectivity index (χ0) is 14.7. The molecule has 0 unspecified atom stereocenters. The van der Waals surface area contributed by atoms with E-state index in [1.807, 2.05) is 4.90 Å². The first-order valence-corrected chi connectivity index (χ1v) is 8.40. The van der Waals surface area contributed by atoms with Crippen LogP contribution in [0.5, 0.6) is 0 Å². The summed E-state index contributed by atoms with van der Waals surface area (Å²) in [4.78, 5) is 21.0. The number of rotatable bonds is 5. The van der Waals surface area contributed by atoms with E-state index in [2.05, 4.69) is 14.3 Å². The average molecular weight is 310 g/mol. The quantitative estimate of drug-likeness (QED) is 0.817. The second-order valence-corrected chi connectivity index (χ2v) is 6.45. The molecule has 1 amide bonds. The van der Waals surface area contributed by atoms with Crippen LogP contribution < -0.4 is 4.90 Å². The van der Waals surface area contributed by atoms with Gasteiger partial charge in [-0.15, -0.1) is 0 Å². The van der Waals surface area contributed by atoms with E-state index in [1.165, 1.54) is 18.0 Å². The fraction of sp³-hybridized carbons (Fsp3) is 0.786. The Morgan fingerprint density at radius 1 is 1.33 bits per heavy atom. The summed E-state index contributed by atoms with van der Waals surface area (Å²) in [6.07, 6.45) is 4.31. The Kier molecular flexibility index (Phi) is 4.70. The maximum atomic E-state index is 12.4. The van der Waals surface area contributed by atoms with Crippen LogP contribution in [-0.4, -0.2) is 60.1 Å². The molecule has 0 spiro atoms. The van der Waals surface area contributed by atoms with Crippen LogP contribution in [0.25, 0.3) is 0 Å². The van der Waals surface area contributed by atoms with Gasteiger partial charge < -0.3 is 14.5 Å². The molecular weight excluding hydrogens is 288 g/mol. The molecule has 0 saturated carbocycles. The van der Waals surface area contributed by atoms with Gasteiger partial charge in [0.25, 0.3) is 0 Å². The smallest absolute Gasteiger partial charge is 0.229 e. The van der Waals surface area contributed by atoms with Gasteiger partial charge in [0.1, 0.15) is 5.82 Å². The van der Waals surface area contributed by atoms with Crippen molar-refractivity contribution in [2.24, 2.45) is 5.92 Å². The van der Waals surface area contributed by atoms with Gasteiger partial charge in [-0.1, -0.05) is 0 Å². The van der Waals surface area contributed by atoms with Gasteiger partial charge >= 0.3 is 0 Å². The number of amides is 1. The van der Waals surface area contributed by atoms with Crippen molar-refractivity contribution in [1.29, 1.82) is 0 Å². The summed E-state index contributed by atoms with van der Waals surface area (Å²) < 4.78 is 9.36. The third kappa shape index (κ3) is 3.35. The molecule has 6 nitrogen and oxygen atoms in total. The maximum absolute atomic E-state index is 12.4. The summed E-state index contributed by atoms with van der Waals surface area (Å²) in [6, 6.07) is 0. The van der Waals surface area contributed by atoms with E-state index in [4.69, 9.17) is 4.74 Å². The van der Waals surface area contributed by atoms with Crippen LogP contribution in [0.1, 0.15) is 25.1 Å². The van der Waals surface area contributed by atoms with Crippen LogP contribution >= 0.6 is 11.5 Å². The lowest BCUT2D eigenvalue weighted by Gasteiger charge is -2.41. The van der Waals surface area contributed by atoms with Crippen LogP contribution in [0.3, 0.4) is 0 Å². The number of aromatic nitrogens is 2. The Balaban J connectivity index is 1.48. The van der Waals surface area contributed by atoms with Crippen LogP contribution in [0.15, 0.2) is 0 Å². The molecular formula is C14H22N4O2S. The lowest BCUT2D eigenvalue weighted by atomic mass is 9.98. The van der Waals surface area contributed by atoms with E-state index >= 15 is 0 Å². The van der Waals surface area contributed by atoms with Crippen molar-refractivity contribution in [3.63, 3.8) is 0 Å². The third-order valence-electron chi connectivity index (χ3n) is 4.16. The fourth-order valence-corrected chi connectivity index (χ4v) is 3.56. The Bertz CT molecular complexity index is 481. The lowest BCUT2D eigenvalue weighted by molar-refractivity contribution is -0.137. The summed E-state index contributed by atoms with van der Waals surface area (Å²) in [5.74, 6) is 1.31. The zero-order valence-corrected chi connectivity index (χ0v) is 13.3. The minimum Gasteiger partial charge on any atom is -0.384 e. The number of piperidine rings is 1. The number of carbonyl (C=O) groups excluding carboxylic acids is 1. The van der Waals surface area contributed by atoms with Gasteiger partial charge in [-0.05, 0) is 19.3 Å². The molecule has 7 heteroatoms. The monoisotopic (exact) mass is 310 g/mol. The van der Waals surface area contributed by atoms with E-state index in [0.717, 1.165) is 56.4 Å².